The maximum absolute atomic E-state index is 11.3. The number of nitrogens with one attached hydrogen (secondary N) is 1. The largest absolute Gasteiger partial charge is 0.355 e. The van der Waals surface area contributed by atoms with E-state index in [1.54, 1.807) is 0 Å². The molecule has 0 aliphatic rings. The van der Waals surface area contributed by atoms with E-state index in [9.17, 15) is 4.79 Å². The maximum atomic E-state index is 11.3. The quantitative estimate of drug-likeness (QED) is 0.763. The average molecular weight is 250 g/mol. The van der Waals surface area contributed by atoms with Gasteiger partial charge in [-0.3, -0.25) is 4.79 Å². The normalized spacial score (nSPS) is 13.9. The minimum atomic E-state index is 0.0815. The Morgan fingerprint density at radius 1 is 1.46 bits per heavy atom. The highest BCUT2D eigenvalue weighted by molar-refractivity contribution is 9.09. The Kier molecular flexibility index (Phi) is 5.61. The van der Waals surface area contributed by atoms with Crippen molar-refractivity contribution in [2.75, 3.05) is 6.54 Å². The number of alkyl halides is 1. The number of rotatable bonds is 4. The van der Waals surface area contributed by atoms with Crippen LogP contribution in [0.15, 0.2) is 0 Å². The van der Waals surface area contributed by atoms with E-state index in [0.717, 1.165) is 13.0 Å². The summed E-state index contributed by atoms with van der Waals surface area (Å²) in [6.07, 6.45) is 1.63. The van der Waals surface area contributed by atoms with Crippen LogP contribution in [0.2, 0.25) is 0 Å². The Hall–Kier alpha value is -0.0500. The third-order valence-electron chi connectivity index (χ3n) is 1.65. The van der Waals surface area contributed by atoms with Gasteiger partial charge in [-0.1, -0.05) is 43.6 Å². The molecule has 1 amide bonds. The zero-order valence-electron chi connectivity index (χ0n) is 8.98. The number of hydrogen-bond acceptors (Lipinski definition) is 1. The Morgan fingerprint density at radius 2 is 2.00 bits per heavy atom. The Bertz CT molecular complexity index is 163. The van der Waals surface area contributed by atoms with Crippen LogP contribution in [0.25, 0.3) is 0 Å². The molecule has 0 radical (unpaired) electrons. The third kappa shape index (κ3) is 8.28. The van der Waals surface area contributed by atoms with E-state index in [4.69, 9.17) is 0 Å². The fourth-order valence-electron chi connectivity index (χ4n) is 0.913. The van der Waals surface area contributed by atoms with Gasteiger partial charge in [-0.2, -0.15) is 0 Å². The minimum absolute atomic E-state index is 0.0815. The van der Waals surface area contributed by atoms with Crippen molar-refractivity contribution in [3.8, 4) is 0 Å². The summed E-state index contributed by atoms with van der Waals surface area (Å²) in [5.41, 5.74) is 0.0815. The summed E-state index contributed by atoms with van der Waals surface area (Å²) in [5.74, 6) is 0.144. The molecular formula is C10H20BrNO. The van der Waals surface area contributed by atoms with Crippen LogP contribution in [0.1, 0.15) is 40.5 Å². The molecule has 0 aliphatic heterocycles. The van der Waals surface area contributed by atoms with Crippen molar-refractivity contribution < 1.29 is 4.79 Å². The summed E-state index contributed by atoms with van der Waals surface area (Å²) in [6.45, 7) is 9.02. The highest BCUT2D eigenvalue weighted by Gasteiger charge is 2.15. The molecule has 1 unspecified atom stereocenters. The zero-order valence-corrected chi connectivity index (χ0v) is 10.6. The molecule has 0 aliphatic carbocycles. The molecule has 0 bridgehead atoms. The second-order valence-corrected chi connectivity index (χ2v) is 5.84. The van der Waals surface area contributed by atoms with Crippen LogP contribution >= 0.6 is 15.9 Å². The third-order valence-corrected chi connectivity index (χ3v) is 2.63. The van der Waals surface area contributed by atoms with Crippen LogP contribution in [-0.4, -0.2) is 17.3 Å². The summed E-state index contributed by atoms with van der Waals surface area (Å²) in [7, 11) is 0. The lowest BCUT2D eigenvalue weighted by molar-refractivity contribution is -0.122. The molecule has 1 N–H and O–H groups in total. The number of hydrogen-bond donors (Lipinski definition) is 1. The van der Waals surface area contributed by atoms with Crippen LogP contribution in [0, 0.1) is 5.41 Å². The lowest BCUT2D eigenvalue weighted by atomic mass is 9.92. The van der Waals surface area contributed by atoms with Gasteiger partial charge in [0.1, 0.15) is 0 Å². The first-order chi connectivity index (χ1) is 5.85. The first-order valence-electron chi connectivity index (χ1n) is 4.76. The summed E-state index contributed by atoms with van der Waals surface area (Å²) < 4.78 is 0. The van der Waals surface area contributed by atoms with Gasteiger partial charge < -0.3 is 5.32 Å². The van der Waals surface area contributed by atoms with Crippen molar-refractivity contribution in [1.29, 1.82) is 0 Å². The lowest BCUT2D eigenvalue weighted by Gasteiger charge is -2.18. The Balaban J connectivity index is 3.64. The van der Waals surface area contributed by atoms with Gasteiger partial charge >= 0.3 is 0 Å². The van der Waals surface area contributed by atoms with Crippen molar-refractivity contribution in [2.24, 2.45) is 5.41 Å². The van der Waals surface area contributed by atoms with E-state index in [0.29, 0.717) is 11.2 Å². The van der Waals surface area contributed by atoms with Crippen molar-refractivity contribution in [3.63, 3.8) is 0 Å². The predicted molar refractivity (Wildman–Crippen MR) is 60.1 cm³/mol. The van der Waals surface area contributed by atoms with Gasteiger partial charge in [0.25, 0.3) is 0 Å². The van der Waals surface area contributed by atoms with Crippen molar-refractivity contribution in [1.82, 2.24) is 5.32 Å². The lowest BCUT2D eigenvalue weighted by Crippen LogP contribution is -2.31. The van der Waals surface area contributed by atoms with E-state index in [1.165, 1.54) is 0 Å². The Morgan fingerprint density at radius 3 is 2.38 bits per heavy atom. The fraction of sp³-hybridized carbons (Fsp3) is 0.900. The van der Waals surface area contributed by atoms with Gasteiger partial charge in [0, 0.05) is 17.8 Å². The first kappa shape index (κ1) is 12.9. The predicted octanol–water partition coefficient (Wildman–Crippen LogP) is 2.71. The van der Waals surface area contributed by atoms with E-state index in [1.807, 2.05) is 0 Å². The number of carbonyl (C=O) groups is 1. The fourth-order valence-corrected chi connectivity index (χ4v) is 1.07. The van der Waals surface area contributed by atoms with Gasteiger partial charge in [0.15, 0.2) is 0 Å². The molecule has 1 atom stereocenters. The molecular weight excluding hydrogens is 230 g/mol. The molecule has 0 aromatic heterocycles. The molecule has 0 aromatic rings. The molecule has 78 valence electrons. The summed E-state index contributed by atoms with van der Waals surface area (Å²) in [6, 6.07) is 0. The standard InChI is InChI=1S/C10H20BrNO/c1-5-8(11)7-12-9(13)6-10(2,3)4/h8H,5-7H2,1-4H3,(H,12,13). The molecule has 0 rings (SSSR count). The topological polar surface area (TPSA) is 29.1 Å². The highest BCUT2D eigenvalue weighted by Crippen LogP contribution is 2.17. The molecule has 13 heavy (non-hydrogen) atoms. The van der Waals surface area contributed by atoms with Crippen LogP contribution in [-0.2, 0) is 4.79 Å². The number of carbonyl (C=O) groups excluding carboxylic acids is 1. The van der Waals surface area contributed by atoms with E-state index >= 15 is 0 Å². The first-order valence-corrected chi connectivity index (χ1v) is 5.67. The molecule has 0 spiro atoms. The molecule has 0 saturated carbocycles. The zero-order chi connectivity index (χ0) is 10.5. The second kappa shape index (κ2) is 5.63. The van der Waals surface area contributed by atoms with Gasteiger partial charge in [0.2, 0.25) is 5.91 Å². The number of halogens is 1. The van der Waals surface area contributed by atoms with Crippen LogP contribution in [0.4, 0.5) is 0 Å². The molecule has 0 fully saturated rings. The summed E-state index contributed by atoms with van der Waals surface area (Å²) in [4.78, 5) is 11.7. The molecule has 0 aromatic carbocycles. The average Bonchev–Trinajstić information content (AvgIpc) is 1.97. The van der Waals surface area contributed by atoms with Crippen molar-refractivity contribution in [2.45, 2.75) is 45.4 Å². The second-order valence-electron chi connectivity index (χ2n) is 4.55. The highest BCUT2D eigenvalue weighted by atomic mass is 79.9. The van der Waals surface area contributed by atoms with Crippen LogP contribution in [0.3, 0.4) is 0 Å². The van der Waals surface area contributed by atoms with E-state index in [-0.39, 0.29) is 11.3 Å². The molecule has 0 saturated heterocycles. The smallest absolute Gasteiger partial charge is 0.220 e. The Labute approximate surface area is 89.6 Å². The minimum Gasteiger partial charge on any atom is -0.355 e. The van der Waals surface area contributed by atoms with Crippen LogP contribution in [0.5, 0.6) is 0 Å². The van der Waals surface area contributed by atoms with Gasteiger partial charge in [-0.25, -0.2) is 0 Å². The SMILES string of the molecule is CCC(Br)CNC(=O)CC(C)(C)C. The van der Waals surface area contributed by atoms with Crippen LogP contribution < -0.4 is 5.32 Å². The number of amides is 1. The van der Waals surface area contributed by atoms with Gasteiger partial charge in [-0.05, 0) is 11.8 Å². The van der Waals surface area contributed by atoms with Crippen molar-refractivity contribution in [3.05, 3.63) is 0 Å². The monoisotopic (exact) mass is 249 g/mol. The van der Waals surface area contributed by atoms with Gasteiger partial charge in [-0.15, -0.1) is 0 Å². The van der Waals surface area contributed by atoms with E-state index in [2.05, 4.69) is 48.9 Å². The van der Waals surface area contributed by atoms with Gasteiger partial charge in [0.05, 0.1) is 0 Å². The molecule has 2 nitrogen and oxygen atoms in total. The maximum Gasteiger partial charge on any atom is 0.220 e. The molecule has 0 heterocycles. The molecule has 3 heteroatoms. The summed E-state index contributed by atoms with van der Waals surface area (Å²) in [5, 5.41) is 2.90. The van der Waals surface area contributed by atoms with Crippen molar-refractivity contribution >= 4 is 21.8 Å². The summed E-state index contributed by atoms with van der Waals surface area (Å²) >= 11 is 3.47. The van der Waals surface area contributed by atoms with E-state index < -0.39 is 0 Å².